The third kappa shape index (κ3) is 2.44. The standard InChI is InChI=1S/C16H20N2O3/c1-9(2)10(3)15-14(16(17)21-18-15)11-4-5-12-13(8-11)20-7-6-19-12/h4-5,8-10H,6-7,17H2,1-3H3. The van der Waals surface area contributed by atoms with Crippen LogP contribution in [0.5, 0.6) is 11.5 Å². The number of benzene rings is 1. The van der Waals surface area contributed by atoms with Gasteiger partial charge in [-0.05, 0) is 23.6 Å². The fourth-order valence-corrected chi connectivity index (χ4v) is 2.43. The lowest BCUT2D eigenvalue weighted by Crippen LogP contribution is -2.15. The summed E-state index contributed by atoms with van der Waals surface area (Å²) in [5, 5.41) is 4.15. The number of rotatable bonds is 3. The van der Waals surface area contributed by atoms with Crippen LogP contribution in [0.4, 0.5) is 5.88 Å². The van der Waals surface area contributed by atoms with Crippen LogP contribution >= 0.6 is 0 Å². The fourth-order valence-electron chi connectivity index (χ4n) is 2.43. The van der Waals surface area contributed by atoms with Crippen LogP contribution in [-0.2, 0) is 0 Å². The average Bonchev–Trinajstić information content (AvgIpc) is 2.87. The lowest BCUT2D eigenvalue weighted by molar-refractivity contribution is 0.171. The van der Waals surface area contributed by atoms with Crippen LogP contribution in [0.15, 0.2) is 22.7 Å². The van der Waals surface area contributed by atoms with E-state index >= 15 is 0 Å². The predicted octanol–water partition coefficient (Wildman–Crippen LogP) is 3.45. The van der Waals surface area contributed by atoms with E-state index in [1.54, 1.807) is 0 Å². The van der Waals surface area contributed by atoms with Crippen molar-refractivity contribution < 1.29 is 14.0 Å². The van der Waals surface area contributed by atoms with Gasteiger partial charge in [-0.15, -0.1) is 0 Å². The van der Waals surface area contributed by atoms with Crippen molar-refractivity contribution in [3.05, 3.63) is 23.9 Å². The maximum absolute atomic E-state index is 5.99. The van der Waals surface area contributed by atoms with E-state index in [1.807, 2.05) is 18.2 Å². The minimum absolute atomic E-state index is 0.259. The molecule has 1 aliphatic heterocycles. The largest absolute Gasteiger partial charge is 0.486 e. The fraction of sp³-hybridized carbons (Fsp3) is 0.438. The van der Waals surface area contributed by atoms with Crippen LogP contribution in [0, 0.1) is 5.92 Å². The number of nitrogens with two attached hydrogens (primary N) is 1. The molecule has 1 unspecified atom stereocenters. The molecule has 1 aromatic carbocycles. The molecule has 21 heavy (non-hydrogen) atoms. The van der Waals surface area contributed by atoms with Crippen LogP contribution in [0.2, 0.25) is 0 Å². The minimum Gasteiger partial charge on any atom is -0.486 e. The molecule has 5 heteroatoms. The van der Waals surface area contributed by atoms with Gasteiger partial charge in [0.25, 0.3) is 0 Å². The Morgan fingerprint density at radius 1 is 1.10 bits per heavy atom. The quantitative estimate of drug-likeness (QED) is 0.936. The van der Waals surface area contributed by atoms with E-state index < -0.39 is 0 Å². The second-order valence-electron chi connectivity index (χ2n) is 5.70. The highest BCUT2D eigenvalue weighted by atomic mass is 16.6. The second kappa shape index (κ2) is 5.31. The Kier molecular flexibility index (Phi) is 3.49. The molecule has 0 fully saturated rings. The Balaban J connectivity index is 2.06. The van der Waals surface area contributed by atoms with Crippen LogP contribution in [0.3, 0.4) is 0 Å². The van der Waals surface area contributed by atoms with Crippen molar-refractivity contribution in [2.24, 2.45) is 5.92 Å². The Morgan fingerprint density at radius 3 is 2.52 bits per heavy atom. The van der Waals surface area contributed by atoms with Gasteiger partial charge < -0.3 is 19.7 Å². The first kappa shape index (κ1) is 13.8. The molecule has 0 bridgehead atoms. The van der Waals surface area contributed by atoms with Gasteiger partial charge >= 0.3 is 0 Å². The van der Waals surface area contributed by atoms with Crippen molar-refractivity contribution in [3.8, 4) is 22.6 Å². The molecule has 0 amide bonds. The van der Waals surface area contributed by atoms with Crippen molar-refractivity contribution in [2.45, 2.75) is 26.7 Å². The van der Waals surface area contributed by atoms with Crippen LogP contribution in [0.25, 0.3) is 11.1 Å². The molecule has 0 saturated heterocycles. The van der Waals surface area contributed by atoms with Crippen molar-refractivity contribution in [3.63, 3.8) is 0 Å². The molecule has 2 aromatic rings. The zero-order chi connectivity index (χ0) is 15.0. The van der Waals surface area contributed by atoms with Crippen molar-refractivity contribution >= 4 is 5.88 Å². The van der Waals surface area contributed by atoms with Crippen LogP contribution < -0.4 is 15.2 Å². The molecule has 3 rings (SSSR count). The van der Waals surface area contributed by atoms with Gasteiger partial charge in [-0.1, -0.05) is 32.0 Å². The summed E-state index contributed by atoms with van der Waals surface area (Å²) in [6, 6.07) is 5.81. The van der Waals surface area contributed by atoms with Crippen LogP contribution in [-0.4, -0.2) is 18.4 Å². The normalized spacial score (nSPS) is 15.2. The van der Waals surface area contributed by atoms with Gasteiger partial charge in [-0.3, -0.25) is 0 Å². The molecule has 2 heterocycles. The third-order valence-electron chi connectivity index (χ3n) is 4.01. The first-order valence-electron chi connectivity index (χ1n) is 7.23. The molecule has 0 saturated carbocycles. The number of anilines is 1. The molecule has 1 aromatic heterocycles. The highest BCUT2D eigenvalue weighted by Crippen LogP contribution is 2.40. The summed E-state index contributed by atoms with van der Waals surface area (Å²) in [6.45, 7) is 7.58. The lowest BCUT2D eigenvalue weighted by Gasteiger charge is -2.19. The van der Waals surface area contributed by atoms with Crippen molar-refractivity contribution in [2.75, 3.05) is 18.9 Å². The Labute approximate surface area is 124 Å². The summed E-state index contributed by atoms with van der Waals surface area (Å²) in [7, 11) is 0. The van der Waals surface area contributed by atoms with Gasteiger partial charge in [0.05, 0.1) is 11.3 Å². The Morgan fingerprint density at radius 2 is 1.81 bits per heavy atom. The van der Waals surface area contributed by atoms with Crippen LogP contribution in [0.1, 0.15) is 32.4 Å². The number of ether oxygens (including phenoxy) is 2. The number of nitrogen functional groups attached to an aromatic ring is 1. The monoisotopic (exact) mass is 288 g/mol. The topological polar surface area (TPSA) is 70.5 Å². The molecule has 0 spiro atoms. The zero-order valence-corrected chi connectivity index (χ0v) is 12.6. The van der Waals surface area contributed by atoms with E-state index in [1.165, 1.54) is 0 Å². The molecule has 5 nitrogen and oxygen atoms in total. The lowest BCUT2D eigenvalue weighted by atomic mass is 9.90. The summed E-state index contributed by atoms with van der Waals surface area (Å²) in [4.78, 5) is 0. The van der Waals surface area contributed by atoms with Gasteiger partial charge in [-0.25, -0.2) is 0 Å². The number of aromatic nitrogens is 1. The average molecular weight is 288 g/mol. The minimum atomic E-state index is 0.259. The first-order valence-corrected chi connectivity index (χ1v) is 7.23. The molecule has 1 atom stereocenters. The highest BCUT2D eigenvalue weighted by Gasteiger charge is 2.24. The van der Waals surface area contributed by atoms with E-state index in [-0.39, 0.29) is 5.92 Å². The van der Waals surface area contributed by atoms with E-state index in [0.717, 1.165) is 28.3 Å². The van der Waals surface area contributed by atoms with Gasteiger partial charge in [0.1, 0.15) is 13.2 Å². The highest BCUT2D eigenvalue weighted by molar-refractivity contribution is 5.77. The summed E-state index contributed by atoms with van der Waals surface area (Å²) in [6.07, 6.45) is 0. The maximum Gasteiger partial charge on any atom is 0.230 e. The van der Waals surface area contributed by atoms with Gasteiger partial charge in [0, 0.05) is 5.92 Å². The summed E-state index contributed by atoms with van der Waals surface area (Å²) in [5.74, 6) is 2.55. The van der Waals surface area contributed by atoms with Gasteiger partial charge in [-0.2, -0.15) is 0 Å². The number of nitrogens with zero attached hydrogens (tertiary/aromatic N) is 1. The molecule has 0 radical (unpaired) electrons. The Hall–Kier alpha value is -2.17. The molecule has 1 aliphatic rings. The van der Waals surface area contributed by atoms with E-state index in [4.69, 9.17) is 19.7 Å². The molecule has 0 aliphatic carbocycles. The molecule has 112 valence electrons. The Bertz CT molecular complexity index is 649. The molecular formula is C16H20N2O3. The number of hydrogen-bond acceptors (Lipinski definition) is 5. The number of hydrogen-bond donors (Lipinski definition) is 1. The van der Waals surface area contributed by atoms with E-state index in [0.29, 0.717) is 25.0 Å². The SMILES string of the molecule is CC(C)C(C)c1noc(N)c1-c1ccc2c(c1)OCCO2. The maximum atomic E-state index is 5.99. The molecular weight excluding hydrogens is 268 g/mol. The van der Waals surface area contributed by atoms with Gasteiger partial charge in [0.15, 0.2) is 11.5 Å². The molecule has 2 N–H and O–H groups in total. The van der Waals surface area contributed by atoms with Gasteiger partial charge in [0.2, 0.25) is 5.88 Å². The van der Waals surface area contributed by atoms with Crippen molar-refractivity contribution in [1.29, 1.82) is 0 Å². The van der Waals surface area contributed by atoms with E-state index in [9.17, 15) is 0 Å². The second-order valence-corrected chi connectivity index (χ2v) is 5.70. The summed E-state index contributed by atoms with van der Waals surface area (Å²) >= 11 is 0. The number of fused-ring (bicyclic) bond motifs is 1. The van der Waals surface area contributed by atoms with Crippen molar-refractivity contribution in [1.82, 2.24) is 5.16 Å². The first-order chi connectivity index (χ1) is 10.1. The predicted molar refractivity (Wildman–Crippen MR) is 80.6 cm³/mol. The summed E-state index contributed by atoms with van der Waals surface area (Å²) < 4.78 is 16.4. The third-order valence-corrected chi connectivity index (χ3v) is 4.01. The van der Waals surface area contributed by atoms with E-state index in [2.05, 4.69) is 25.9 Å². The zero-order valence-electron chi connectivity index (χ0n) is 12.6. The summed E-state index contributed by atoms with van der Waals surface area (Å²) in [5.41, 5.74) is 8.67. The smallest absolute Gasteiger partial charge is 0.230 e.